The summed E-state index contributed by atoms with van der Waals surface area (Å²) in [7, 11) is 0. The Hall–Kier alpha value is -0.220. The predicted octanol–water partition coefficient (Wildman–Crippen LogP) is 3.17. The summed E-state index contributed by atoms with van der Waals surface area (Å²) in [6.07, 6.45) is 0. The lowest BCUT2D eigenvalue weighted by Crippen LogP contribution is -2.44. The average molecular weight is 285 g/mol. The van der Waals surface area contributed by atoms with Crippen molar-refractivity contribution in [2.45, 2.75) is 30.4 Å². The Kier molecular flexibility index (Phi) is 4.96. The van der Waals surface area contributed by atoms with E-state index in [0.29, 0.717) is 23.1 Å². The lowest BCUT2D eigenvalue weighted by Gasteiger charge is -2.39. The summed E-state index contributed by atoms with van der Waals surface area (Å²) in [5.74, 6) is 0. The van der Waals surface area contributed by atoms with Crippen molar-refractivity contribution in [2.24, 2.45) is 5.73 Å². The van der Waals surface area contributed by atoms with Gasteiger partial charge >= 0.3 is 0 Å². The number of rotatable bonds is 3. The normalized spacial score (nSPS) is 27.1. The van der Waals surface area contributed by atoms with Crippen LogP contribution in [0.4, 0.5) is 0 Å². The SMILES string of the molecule is CC1CN(C(CN)c2ccc(Cl)cc2)CC(C)S1. The molecule has 1 aromatic carbocycles. The molecule has 0 bridgehead atoms. The number of hydrogen-bond donors (Lipinski definition) is 1. The first kappa shape index (κ1) is 14.2. The smallest absolute Gasteiger partial charge is 0.0471 e. The molecule has 1 aromatic rings. The highest BCUT2D eigenvalue weighted by molar-refractivity contribution is 8.00. The standard InChI is InChI=1S/C14H21ClN2S/c1-10-8-17(9-11(2)18-10)14(7-16)12-3-5-13(15)6-4-12/h3-6,10-11,14H,7-9,16H2,1-2H3. The van der Waals surface area contributed by atoms with Crippen molar-refractivity contribution in [3.05, 3.63) is 34.9 Å². The van der Waals surface area contributed by atoms with Crippen LogP contribution in [0.3, 0.4) is 0 Å². The number of halogens is 1. The molecule has 2 N–H and O–H groups in total. The molecule has 1 fully saturated rings. The van der Waals surface area contributed by atoms with Crippen LogP contribution in [-0.4, -0.2) is 35.0 Å². The third kappa shape index (κ3) is 3.41. The Labute approximate surface area is 119 Å². The van der Waals surface area contributed by atoms with Crippen LogP contribution in [0.25, 0.3) is 0 Å². The van der Waals surface area contributed by atoms with Crippen molar-refractivity contribution in [3.63, 3.8) is 0 Å². The molecular formula is C14H21ClN2S. The summed E-state index contributed by atoms with van der Waals surface area (Å²) < 4.78 is 0. The number of hydrogen-bond acceptors (Lipinski definition) is 3. The molecule has 0 radical (unpaired) electrons. The van der Waals surface area contributed by atoms with E-state index in [1.54, 1.807) is 0 Å². The Morgan fingerprint density at radius 3 is 2.33 bits per heavy atom. The molecule has 0 aromatic heterocycles. The number of thioether (sulfide) groups is 1. The lowest BCUT2D eigenvalue weighted by atomic mass is 10.0. The van der Waals surface area contributed by atoms with E-state index in [1.807, 2.05) is 12.1 Å². The summed E-state index contributed by atoms with van der Waals surface area (Å²) in [6.45, 7) is 7.47. The van der Waals surface area contributed by atoms with Crippen molar-refractivity contribution in [2.75, 3.05) is 19.6 Å². The Morgan fingerprint density at radius 1 is 1.28 bits per heavy atom. The van der Waals surface area contributed by atoms with Crippen molar-refractivity contribution >= 4 is 23.4 Å². The zero-order valence-electron chi connectivity index (χ0n) is 11.0. The van der Waals surface area contributed by atoms with Crippen molar-refractivity contribution in [3.8, 4) is 0 Å². The topological polar surface area (TPSA) is 29.3 Å². The van der Waals surface area contributed by atoms with Crippen LogP contribution in [0.15, 0.2) is 24.3 Å². The van der Waals surface area contributed by atoms with Crippen LogP contribution >= 0.6 is 23.4 Å². The van der Waals surface area contributed by atoms with E-state index in [4.69, 9.17) is 17.3 Å². The molecule has 3 unspecified atom stereocenters. The van der Waals surface area contributed by atoms with Crippen molar-refractivity contribution in [1.82, 2.24) is 4.90 Å². The second kappa shape index (κ2) is 6.29. The fourth-order valence-electron chi connectivity index (χ4n) is 2.65. The van der Waals surface area contributed by atoms with E-state index >= 15 is 0 Å². The van der Waals surface area contributed by atoms with Gasteiger partial charge in [-0.25, -0.2) is 0 Å². The predicted molar refractivity (Wildman–Crippen MR) is 81.3 cm³/mol. The van der Waals surface area contributed by atoms with Gasteiger partial charge in [-0.2, -0.15) is 11.8 Å². The molecule has 1 aliphatic heterocycles. The highest BCUT2D eigenvalue weighted by Crippen LogP contribution is 2.30. The van der Waals surface area contributed by atoms with Gasteiger partial charge in [0.15, 0.2) is 0 Å². The third-order valence-electron chi connectivity index (χ3n) is 3.37. The molecule has 100 valence electrons. The van der Waals surface area contributed by atoms with E-state index in [0.717, 1.165) is 18.1 Å². The van der Waals surface area contributed by atoms with Gasteiger partial charge in [-0.05, 0) is 17.7 Å². The second-order valence-electron chi connectivity index (χ2n) is 5.01. The van der Waals surface area contributed by atoms with E-state index in [-0.39, 0.29) is 0 Å². The Morgan fingerprint density at radius 2 is 1.83 bits per heavy atom. The molecule has 0 aliphatic carbocycles. The quantitative estimate of drug-likeness (QED) is 0.924. The van der Waals surface area contributed by atoms with Crippen LogP contribution < -0.4 is 5.73 Å². The zero-order chi connectivity index (χ0) is 13.1. The minimum atomic E-state index is 0.313. The van der Waals surface area contributed by atoms with Crippen LogP contribution in [0.5, 0.6) is 0 Å². The van der Waals surface area contributed by atoms with Crippen LogP contribution in [0, 0.1) is 0 Å². The fourth-order valence-corrected chi connectivity index (χ4v) is 4.13. The maximum atomic E-state index is 5.98. The Balaban J connectivity index is 2.14. The molecular weight excluding hydrogens is 264 g/mol. The monoisotopic (exact) mass is 284 g/mol. The van der Waals surface area contributed by atoms with Gasteiger partial charge in [0.05, 0.1) is 0 Å². The van der Waals surface area contributed by atoms with Crippen molar-refractivity contribution in [1.29, 1.82) is 0 Å². The van der Waals surface area contributed by atoms with Gasteiger partial charge in [0.1, 0.15) is 0 Å². The highest BCUT2D eigenvalue weighted by Gasteiger charge is 2.27. The van der Waals surface area contributed by atoms with E-state index in [2.05, 4.69) is 42.6 Å². The summed E-state index contributed by atoms with van der Waals surface area (Å²) >= 11 is 8.01. The van der Waals surface area contributed by atoms with E-state index in [1.165, 1.54) is 5.56 Å². The first-order valence-electron chi connectivity index (χ1n) is 6.45. The van der Waals surface area contributed by atoms with E-state index < -0.39 is 0 Å². The third-order valence-corrected chi connectivity index (χ3v) is 4.85. The van der Waals surface area contributed by atoms with Gasteiger partial charge in [0, 0.05) is 41.2 Å². The lowest BCUT2D eigenvalue weighted by molar-refractivity contribution is 0.199. The summed E-state index contributed by atoms with van der Waals surface area (Å²) in [4.78, 5) is 2.51. The maximum absolute atomic E-state index is 5.98. The van der Waals surface area contributed by atoms with Gasteiger partial charge < -0.3 is 5.73 Å². The van der Waals surface area contributed by atoms with Crippen LogP contribution in [0.1, 0.15) is 25.5 Å². The molecule has 3 atom stereocenters. The van der Waals surface area contributed by atoms with Gasteiger partial charge in [-0.15, -0.1) is 0 Å². The number of benzene rings is 1. The maximum Gasteiger partial charge on any atom is 0.0471 e. The van der Waals surface area contributed by atoms with Gasteiger partial charge in [0.25, 0.3) is 0 Å². The molecule has 2 rings (SSSR count). The first-order valence-corrected chi connectivity index (χ1v) is 7.77. The molecule has 0 saturated carbocycles. The van der Waals surface area contributed by atoms with Crippen LogP contribution in [0.2, 0.25) is 5.02 Å². The minimum Gasteiger partial charge on any atom is -0.329 e. The largest absolute Gasteiger partial charge is 0.329 e. The fraction of sp³-hybridized carbons (Fsp3) is 0.571. The van der Waals surface area contributed by atoms with E-state index in [9.17, 15) is 0 Å². The van der Waals surface area contributed by atoms with Gasteiger partial charge in [-0.3, -0.25) is 4.90 Å². The van der Waals surface area contributed by atoms with Crippen LogP contribution in [-0.2, 0) is 0 Å². The van der Waals surface area contributed by atoms with Gasteiger partial charge in [0.2, 0.25) is 0 Å². The molecule has 4 heteroatoms. The molecule has 1 aliphatic rings. The molecule has 0 amide bonds. The summed E-state index contributed by atoms with van der Waals surface area (Å²) in [5.41, 5.74) is 7.25. The summed E-state index contributed by atoms with van der Waals surface area (Å²) in [5, 5.41) is 2.13. The Bertz CT molecular complexity index is 372. The molecule has 0 spiro atoms. The summed E-state index contributed by atoms with van der Waals surface area (Å²) in [6, 6.07) is 8.40. The number of nitrogens with two attached hydrogens (primary N) is 1. The molecule has 2 nitrogen and oxygen atoms in total. The molecule has 1 saturated heterocycles. The highest BCUT2D eigenvalue weighted by atomic mass is 35.5. The molecule has 1 heterocycles. The first-order chi connectivity index (χ1) is 8.60. The second-order valence-corrected chi connectivity index (χ2v) is 7.33. The van der Waals surface area contributed by atoms with Gasteiger partial charge in [-0.1, -0.05) is 37.6 Å². The minimum absolute atomic E-state index is 0.313. The zero-order valence-corrected chi connectivity index (χ0v) is 12.5. The van der Waals surface area contributed by atoms with Crippen molar-refractivity contribution < 1.29 is 0 Å². The molecule has 18 heavy (non-hydrogen) atoms. The number of nitrogens with zero attached hydrogens (tertiary/aromatic N) is 1. The average Bonchev–Trinajstić information content (AvgIpc) is 2.31.